The van der Waals surface area contributed by atoms with E-state index < -0.39 is 5.60 Å². The molecule has 0 aromatic rings. The molecule has 0 bridgehead atoms. The molecule has 4 heteroatoms. The molecule has 1 aliphatic carbocycles. The minimum atomic E-state index is -0.735. The van der Waals surface area contributed by atoms with E-state index in [-0.39, 0.29) is 12.0 Å². The number of aliphatic hydroxyl groups is 1. The molecule has 2 N–H and O–H groups in total. The Balaban J connectivity index is 2.40. The molecule has 0 spiro atoms. The quantitative estimate of drug-likeness (QED) is 0.750. The predicted octanol–water partition coefficient (Wildman–Crippen LogP) is 0.971. The predicted molar refractivity (Wildman–Crippen MR) is 68.5 cm³/mol. The van der Waals surface area contributed by atoms with Gasteiger partial charge in [0.1, 0.15) is 0 Å². The second-order valence-corrected chi connectivity index (χ2v) is 5.74. The molecule has 0 saturated heterocycles. The minimum absolute atomic E-state index is 0.110. The number of nitriles is 1. The lowest BCUT2D eigenvalue weighted by Crippen LogP contribution is -2.50. The van der Waals surface area contributed by atoms with Crippen molar-refractivity contribution in [2.75, 3.05) is 27.2 Å². The highest BCUT2D eigenvalue weighted by atomic mass is 16.3. The molecule has 0 amide bonds. The third kappa shape index (κ3) is 5.03. The number of hydrogen-bond acceptors (Lipinski definition) is 4. The maximum atomic E-state index is 10.2. The van der Waals surface area contributed by atoms with Gasteiger partial charge in [0.05, 0.1) is 17.6 Å². The average molecular weight is 239 g/mol. The second-order valence-electron chi connectivity index (χ2n) is 5.74. The van der Waals surface area contributed by atoms with Crippen molar-refractivity contribution < 1.29 is 5.11 Å². The standard InChI is InChI=1S/C13H25N3O/c1-13(17,10-16(2)3)9-15-12-7-5-4-6-11(12)8-14/h11-12,15,17H,4-7,9-10H2,1-3H3. The maximum absolute atomic E-state index is 10.2. The second kappa shape index (κ2) is 6.34. The van der Waals surface area contributed by atoms with Crippen LogP contribution in [0.25, 0.3) is 0 Å². The highest BCUT2D eigenvalue weighted by Gasteiger charge is 2.28. The van der Waals surface area contributed by atoms with E-state index in [4.69, 9.17) is 5.26 Å². The molecule has 1 saturated carbocycles. The van der Waals surface area contributed by atoms with Crippen LogP contribution in [0.4, 0.5) is 0 Å². The fourth-order valence-corrected chi connectivity index (χ4v) is 2.62. The van der Waals surface area contributed by atoms with Gasteiger partial charge in [-0.3, -0.25) is 0 Å². The first-order chi connectivity index (χ1) is 7.94. The topological polar surface area (TPSA) is 59.3 Å². The normalized spacial score (nSPS) is 28.7. The third-order valence-electron chi connectivity index (χ3n) is 3.33. The monoisotopic (exact) mass is 239 g/mol. The molecule has 1 rings (SSSR count). The molecule has 98 valence electrons. The summed E-state index contributed by atoms with van der Waals surface area (Å²) >= 11 is 0. The van der Waals surface area contributed by atoms with Gasteiger partial charge in [-0.15, -0.1) is 0 Å². The summed E-state index contributed by atoms with van der Waals surface area (Å²) in [4.78, 5) is 1.98. The molecule has 0 aromatic heterocycles. The first-order valence-corrected chi connectivity index (χ1v) is 6.45. The summed E-state index contributed by atoms with van der Waals surface area (Å²) in [5.41, 5.74) is -0.735. The Bertz CT molecular complexity index is 270. The molecule has 3 atom stereocenters. The highest BCUT2D eigenvalue weighted by molar-refractivity contribution is 4.95. The number of rotatable bonds is 5. The fourth-order valence-electron chi connectivity index (χ4n) is 2.62. The van der Waals surface area contributed by atoms with E-state index in [1.54, 1.807) is 0 Å². The molecule has 0 radical (unpaired) electrons. The lowest BCUT2D eigenvalue weighted by Gasteiger charge is -2.33. The van der Waals surface area contributed by atoms with E-state index in [0.29, 0.717) is 13.1 Å². The van der Waals surface area contributed by atoms with E-state index in [9.17, 15) is 5.11 Å². The van der Waals surface area contributed by atoms with Gasteiger partial charge in [-0.1, -0.05) is 12.8 Å². The smallest absolute Gasteiger partial charge is 0.0869 e. The van der Waals surface area contributed by atoms with Gasteiger partial charge in [0.2, 0.25) is 0 Å². The molecule has 4 nitrogen and oxygen atoms in total. The SMILES string of the molecule is CN(C)CC(C)(O)CNC1CCCCC1C#N. The minimum Gasteiger partial charge on any atom is -0.388 e. The fraction of sp³-hybridized carbons (Fsp3) is 0.923. The zero-order valence-electron chi connectivity index (χ0n) is 11.2. The van der Waals surface area contributed by atoms with Crippen LogP contribution in [-0.2, 0) is 0 Å². The third-order valence-corrected chi connectivity index (χ3v) is 3.33. The van der Waals surface area contributed by atoms with Crippen LogP contribution in [-0.4, -0.2) is 48.8 Å². The van der Waals surface area contributed by atoms with Gasteiger partial charge in [-0.05, 0) is 33.9 Å². The first-order valence-electron chi connectivity index (χ1n) is 6.45. The lowest BCUT2D eigenvalue weighted by molar-refractivity contribution is 0.0289. The Morgan fingerprint density at radius 2 is 2.06 bits per heavy atom. The van der Waals surface area contributed by atoms with Crippen LogP contribution in [0.1, 0.15) is 32.6 Å². The van der Waals surface area contributed by atoms with Crippen LogP contribution < -0.4 is 5.32 Å². The molecule has 0 heterocycles. The van der Waals surface area contributed by atoms with Crippen LogP contribution in [0, 0.1) is 17.2 Å². The van der Waals surface area contributed by atoms with E-state index in [0.717, 1.165) is 19.3 Å². The largest absolute Gasteiger partial charge is 0.388 e. The Labute approximate surface area is 105 Å². The van der Waals surface area contributed by atoms with Crippen molar-refractivity contribution in [1.82, 2.24) is 10.2 Å². The summed E-state index contributed by atoms with van der Waals surface area (Å²) in [6.45, 7) is 3.02. The Morgan fingerprint density at radius 3 is 2.65 bits per heavy atom. The van der Waals surface area contributed by atoms with Gasteiger partial charge in [0, 0.05) is 19.1 Å². The van der Waals surface area contributed by atoms with E-state index in [2.05, 4.69) is 11.4 Å². The van der Waals surface area contributed by atoms with Crippen LogP contribution in [0.3, 0.4) is 0 Å². The molecule has 3 unspecified atom stereocenters. The van der Waals surface area contributed by atoms with Crippen molar-refractivity contribution in [3.8, 4) is 6.07 Å². The van der Waals surface area contributed by atoms with Gasteiger partial charge in [0.25, 0.3) is 0 Å². The van der Waals surface area contributed by atoms with Crippen LogP contribution in [0.15, 0.2) is 0 Å². The summed E-state index contributed by atoms with van der Waals surface area (Å²) in [6.07, 6.45) is 4.39. The van der Waals surface area contributed by atoms with Crippen molar-refractivity contribution in [2.24, 2.45) is 5.92 Å². The molecule has 1 aliphatic rings. The zero-order chi connectivity index (χ0) is 12.9. The molecule has 17 heavy (non-hydrogen) atoms. The summed E-state index contributed by atoms with van der Waals surface area (Å²) in [7, 11) is 3.90. The zero-order valence-corrected chi connectivity index (χ0v) is 11.2. The van der Waals surface area contributed by atoms with Gasteiger partial charge in [0.15, 0.2) is 0 Å². The Morgan fingerprint density at radius 1 is 1.41 bits per heavy atom. The number of nitrogens with zero attached hydrogens (tertiary/aromatic N) is 2. The summed E-state index contributed by atoms with van der Waals surface area (Å²) in [5.74, 6) is 0.110. The van der Waals surface area contributed by atoms with E-state index in [1.807, 2.05) is 25.9 Å². The van der Waals surface area contributed by atoms with Crippen molar-refractivity contribution in [2.45, 2.75) is 44.2 Å². The number of hydrogen-bond donors (Lipinski definition) is 2. The average Bonchev–Trinajstić information content (AvgIpc) is 2.25. The Kier molecular flexibility index (Phi) is 5.38. The van der Waals surface area contributed by atoms with Gasteiger partial charge in [-0.2, -0.15) is 5.26 Å². The lowest BCUT2D eigenvalue weighted by atomic mass is 9.85. The van der Waals surface area contributed by atoms with Crippen molar-refractivity contribution in [3.05, 3.63) is 0 Å². The van der Waals surface area contributed by atoms with E-state index >= 15 is 0 Å². The molecule has 1 fully saturated rings. The Hall–Kier alpha value is -0.630. The summed E-state index contributed by atoms with van der Waals surface area (Å²) in [6, 6.07) is 2.63. The summed E-state index contributed by atoms with van der Waals surface area (Å²) < 4.78 is 0. The van der Waals surface area contributed by atoms with Crippen molar-refractivity contribution >= 4 is 0 Å². The van der Waals surface area contributed by atoms with E-state index in [1.165, 1.54) is 6.42 Å². The van der Waals surface area contributed by atoms with Crippen LogP contribution in [0.5, 0.6) is 0 Å². The molecular formula is C13H25N3O. The van der Waals surface area contributed by atoms with Gasteiger partial charge in [-0.25, -0.2) is 0 Å². The van der Waals surface area contributed by atoms with Gasteiger partial charge >= 0.3 is 0 Å². The molecule has 0 aromatic carbocycles. The molecular weight excluding hydrogens is 214 g/mol. The van der Waals surface area contributed by atoms with Crippen LogP contribution >= 0.6 is 0 Å². The molecule has 0 aliphatic heterocycles. The van der Waals surface area contributed by atoms with Crippen molar-refractivity contribution in [3.63, 3.8) is 0 Å². The number of likely N-dealkylation sites (N-methyl/N-ethyl adjacent to an activating group) is 1. The highest BCUT2D eigenvalue weighted by Crippen LogP contribution is 2.24. The summed E-state index contributed by atoms with van der Waals surface area (Å²) in [5, 5.41) is 22.6. The van der Waals surface area contributed by atoms with Gasteiger partial charge < -0.3 is 15.3 Å². The first kappa shape index (κ1) is 14.4. The van der Waals surface area contributed by atoms with Crippen molar-refractivity contribution in [1.29, 1.82) is 5.26 Å². The maximum Gasteiger partial charge on any atom is 0.0869 e. The van der Waals surface area contributed by atoms with Crippen LogP contribution in [0.2, 0.25) is 0 Å². The number of nitrogens with one attached hydrogen (secondary N) is 1.